The molecule has 1 saturated heterocycles. The van der Waals surface area contributed by atoms with Crippen LogP contribution in [0.1, 0.15) is 51.0 Å². The van der Waals surface area contributed by atoms with E-state index < -0.39 is 5.97 Å². The van der Waals surface area contributed by atoms with Crippen LogP contribution in [-0.2, 0) is 20.8 Å². The molecule has 3 rings (SSSR count). The van der Waals surface area contributed by atoms with Crippen molar-refractivity contribution < 1.29 is 19.1 Å². The maximum atomic E-state index is 12.6. The van der Waals surface area contributed by atoms with E-state index in [1.54, 1.807) is 10.8 Å². The van der Waals surface area contributed by atoms with Crippen molar-refractivity contribution in [3.63, 3.8) is 0 Å². The fourth-order valence-corrected chi connectivity index (χ4v) is 3.47. The van der Waals surface area contributed by atoms with E-state index in [4.69, 9.17) is 9.47 Å². The molecule has 0 bridgehead atoms. The van der Waals surface area contributed by atoms with Crippen LogP contribution in [0, 0.1) is 5.41 Å². The summed E-state index contributed by atoms with van der Waals surface area (Å²) in [5.41, 5.74) is 2.24. The topological polar surface area (TPSA) is 94.5 Å². The average Bonchev–Trinajstić information content (AvgIpc) is 3.26. The molecule has 1 fully saturated rings. The Labute approximate surface area is 171 Å². The van der Waals surface area contributed by atoms with Crippen LogP contribution in [0.15, 0.2) is 12.3 Å². The van der Waals surface area contributed by atoms with Crippen molar-refractivity contribution in [2.24, 2.45) is 5.41 Å². The third-order valence-electron chi connectivity index (χ3n) is 4.81. The van der Waals surface area contributed by atoms with Gasteiger partial charge in [0.1, 0.15) is 5.65 Å². The van der Waals surface area contributed by atoms with Crippen molar-refractivity contribution in [3.05, 3.63) is 18.0 Å². The minimum absolute atomic E-state index is 0.000300. The molecule has 8 heteroatoms. The van der Waals surface area contributed by atoms with Crippen molar-refractivity contribution in [1.82, 2.24) is 9.55 Å². The van der Waals surface area contributed by atoms with Gasteiger partial charge in [0, 0.05) is 25.5 Å². The van der Waals surface area contributed by atoms with Crippen molar-refractivity contribution in [1.29, 1.82) is 0 Å². The van der Waals surface area contributed by atoms with E-state index in [9.17, 15) is 9.59 Å². The molecule has 1 atom stereocenters. The maximum absolute atomic E-state index is 12.6. The van der Waals surface area contributed by atoms with Gasteiger partial charge in [-0.3, -0.25) is 4.79 Å². The van der Waals surface area contributed by atoms with Gasteiger partial charge in [-0.2, -0.15) is 0 Å². The highest BCUT2D eigenvalue weighted by Gasteiger charge is 2.28. The molecule has 29 heavy (non-hydrogen) atoms. The zero-order valence-corrected chi connectivity index (χ0v) is 17.8. The molecule has 2 aromatic rings. The monoisotopic (exact) mass is 402 g/mol. The van der Waals surface area contributed by atoms with Crippen LogP contribution in [0.2, 0.25) is 0 Å². The quantitative estimate of drug-likeness (QED) is 0.719. The Morgan fingerprint density at radius 1 is 1.38 bits per heavy atom. The Morgan fingerprint density at radius 2 is 2.14 bits per heavy atom. The van der Waals surface area contributed by atoms with Crippen LogP contribution >= 0.6 is 0 Å². The highest BCUT2D eigenvalue weighted by atomic mass is 16.5. The number of fused-ring (bicyclic) bond motifs is 1. The van der Waals surface area contributed by atoms with Crippen LogP contribution in [0.25, 0.3) is 11.0 Å². The Kier molecular flexibility index (Phi) is 6.12. The summed E-state index contributed by atoms with van der Waals surface area (Å²) in [6.45, 7) is 9.79. The van der Waals surface area contributed by atoms with Crippen LogP contribution in [0.4, 0.5) is 11.4 Å². The molecule has 158 valence electrons. The number of rotatable bonds is 6. The number of amides is 1. The summed E-state index contributed by atoms with van der Waals surface area (Å²) in [6, 6.07) is 1.91. The largest absolute Gasteiger partial charge is 0.464 e. The summed E-state index contributed by atoms with van der Waals surface area (Å²) < 4.78 is 12.6. The summed E-state index contributed by atoms with van der Waals surface area (Å²) in [5, 5.41) is 6.88. The molecular formula is C21H30N4O4. The molecule has 2 N–H and O–H groups in total. The van der Waals surface area contributed by atoms with Gasteiger partial charge in [0.15, 0.2) is 5.69 Å². The van der Waals surface area contributed by atoms with Crippen molar-refractivity contribution in [2.45, 2.75) is 53.2 Å². The minimum Gasteiger partial charge on any atom is -0.464 e. The van der Waals surface area contributed by atoms with Gasteiger partial charge in [0.2, 0.25) is 5.91 Å². The van der Waals surface area contributed by atoms with Crippen molar-refractivity contribution >= 4 is 34.3 Å². The summed E-state index contributed by atoms with van der Waals surface area (Å²) >= 11 is 0. The molecule has 0 spiro atoms. The third kappa shape index (κ3) is 4.87. The van der Waals surface area contributed by atoms with E-state index in [0.29, 0.717) is 29.9 Å². The second-order valence-corrected chi connectivity index (χ2v) is 8.65. The molecule has 2 aromatic heterocycles. The molecular weight excluding hydrogens is 372 g/mol. The Hall–Kier alpha value is -2.61. The third-order valence-corrected chi connectivity index (χ3v) is 4.81. The van der Waals surface area contributed by atoms with Gasteiger partial charge in [-0.05, 0) is 24.3 Å². The second-order valence-electron chi connectivity index (χ2n) is 8.65. The van der Waals surface area contributed by atoms with Crippen LogP contribution < -0.4 is 10.6 Å². The Bertz CT molecular complexity index is 908. The lowest BCUT2D eigenvalue weighted by Gasteiger charge is -2.19. The van der Waals surface area contributed by atoms with E-state index in [2.05, 4.69) is 36.4 Å². The molecule has 0 unspecified atom stereocenters. The number of hydrogen-bond acceptors (Lipinski definition) is 6. The Morgan fingerprint density at radius 3 is 2.72 bits per heavy atom. The standard InChI is InChI=1S/C21H30N4O4/c1-13(26)24-17-16-9-14(23-12-21(2,3)4)10-22-19(16)25(18(17)20(27)28-5)11-15-7-6-8-29-15/h9-10,15,23H,6-8,11-12H2,1-5H3,(H,24,26)/t15-/m1/s1. The number of aromatic nitrogens is 2. The number of pyridine rings is 1. The first-order chi connectivity index (χ1) is 13.7. The average molecular weight is 402 g/mol. The first-order valence-electron chi connectivity index (χ1n) is 9.93. The number of methoxy groups -OCH3 is 1. The van der Waals surface area contributed by atoms with Crippen molar-refractivity contribution in [2.75, 3.05) is 30.9 Å². The highest BCUT2D eigenvalue weighted by molar-refractivity contribution is 6.10. The van der Waals surface area contributed by atoms with E-state index in [1.165, 1.54) is 14.0 Å². The van der Waals surface area contributed by atoms with Gasteiger partial charge in [0.25, 0.3) is 0 Å². The zero-order chi connectivity index (χ0) is 21.2. The summed E-state index contributed by atoms with van der Waals surface area (Å²) in [4.78, 5) is 29.1. The summed E-state index contributed by atoms with van der Waals surface area (Å²) in [5.74, 6) is -0.784. The molecule has 0 saturated carbocycles. The molecule has 0 radical (unpaired) electrons. The predicted molar refractivity (Wildman–Crippen MR) is 112 cm³/mol. The minimum atomic E-state index is -0.519. The van der Waals surface area contributed by atoms with E-state index >= 15 is 0 Å². The lowest BCUT2D eigenvalue weighted by molar-refractivity contribution is -0.114. The molecule has 3 heterocycles. The maximum Gasteiger partial charge on any atom is 0.356 e. The summed E-state index contributed by atoms with van der Waals surface area (Å²) in [6.07, 6.45) is 3.66. The first-order valence-corrected chi connectivity index (χ1v) is 9.93. The second kappa shape index (κ2) is 8.41. The number of hydrogen-bond donors (Lipinski definition) is 2. The number of carbonyl (C=O) groups is 2. The molecule has 1 aliphatic heterocycles. The van der Waals surface area contributed by atoms with E-state index in [-0.39, 0.29) is 23.1 Å². The molecule has 8 nitrogen and oxygen atoms in total. The van der Waals surface area contributed by atoms with Crippen LogP contribution in [0.5, 0.6) is 0 Å². The number of anilines is 2. The number of esters is 1. The van der Waals surface area contributed by atoms with Gasteiger partial charge < -0.3 is 24.7 Å². The number of nitrogens with zero attached hydrogens (tertiary/aromatic N) is 2. The van der Waals surface area contributed by atoms with Gasteiger partial charge in [-0.15, -0.1) is 0 Å². The highest BCUT2D eigenvalue weighted by Crippen LogP contribution is 2.34. The smallest absolute Gasteiger partial charge is 0.356 e. The van der Waals surface area contributed by atoms with Gasteiger partial charge in [-0.25, -0.2) is 9.78 Å². The first kappa shape index (κ1) is 21.1. The number of ether oxygens (including phenoxy) is 2. The molecule has 0 aromatic carbocycles. The molecule has 1 amide bonds. The number of nitrogens with one attached hydrogen (secondary N) is 2. The van der Waals surface area contributed by atoms with E-state index in [1.807, 2.05) is 6.07 Å². The lowest BCUT2D eigenvalue weighted by Crippen LogP contribution is -2.21. The van der Waals surface area contributed by atoms with Gasteiger partial charge >= 0.3 is 5.97 Å². The van der Waals surface area contributed by atoms with Gasteiger partial charge in [0.05, 0.1) is 37.3 Å². The van der Waals surface area contributed by atoms with Crippen molar-refractivity contribution in [3.8, 4) is 0 Å². The Balaban J connectivity index is 2.12. The fourth-order valence-electron chi connectivity index (χ4n) is 3.47. The lowest BCUT2D eigenvalue weighted by atomic mass is 9.97. The predicted octanol–water partition coefficient (Wildman–Crippen LogP) is 3.42. The van der Waals surface area contributed by atoms with Gasteiger partial charge in [-0.1, -0.05) is 20.8 Å². The normalized spacial score (nSPS) is 16.8. The number of carbonyl (C=O) groups excluding carboxylic acids is 2. The fraction of sp³-hybridized carbons (Fsp3) is 0.571. The SMILES string of the molecule is COC(=O)c1c(NC(C)=O)c2cc(NCC(C)(C)C)cnc2n1C[C@H]1CCCO1. The van der Waals surface area contributed by atoms with E-state index in [0.717, 1.165) is 25.1 Å². The zero-order valence-electron chi connectivity index (χ0n) is 17.8. The van der Waals surface area contributed by atoms with Crippen LogP contribution in [0.3, 0.4) is 0 Å². The summed E-state index contributed by atoms with van der Waals surface area (Å²) in [7, 11) is 1.33. The molecule has 0 aliphatic carbocycles. The van der Waals surface area contributed by atoms with Crippen LogP contribution in [-0.4, -0.2) is 47.8 Å². The molecule has 1 aliphatic rings.